The summed E-state index contributed by atoms with van der Waals surface area (Å²) in [6.45, 7) is 4.62. The molecule has 1 aromatic carbocycles. The lowest BCUT2D eigenvalue weighted by Crippen LogP contribution is -2.42. The summed E-state index contributed by atoms with van der Waals surface area (Å²) in [5, 5.41) is 3.47. The fraction of sp³-hybridized carbons (Fsp3) is 0.429. The van der Waals surface area contributed by atoms with Crippen LogP contribution in [0.1, 0.15) is 24.5 Å². The number of hydrogen-bond donors (Lipinski definition) is 1. The Morgan fingerprint density at radius 3 is 3.07 bits per heavy atom. The highest BCUT2D eigenvalue weighted by Crippen LogP contribution is 2.41. The van der Waals surface area contributed by atoms with E-state index in [4.69, 9.17) is 0 Å². The molecule has 1 aromatic rings. The molecule has 1 aliphatic carbocycles. The maximum absolute atomic E-state index is 3.47. The Bertz CT molecular complexity index is 419. The number of hydrogen-bond acceptors (Lipinski definition) is 1. The number of benzene rings is 1. The van der Waals surface area contributed by atoms with Gasteiger partial charge in [0.15, 0.2) is 0 Å². The first-order valence-corrected chi connectivity index (χ1v) is 5.79. The van der Waals surface area contributed by atoms with Crippen LogP contribution in [-0.4, -0.2) is 13.1 Å². The molecule has 15 heavy (non-hydrogen) atoms. The second-order valence-corrected chi connectivity index (χ2v) is 4.85. The van der Waals surface area contributed by atoms with Crippen LogP contribution in [0.15, 0.2) is 35.9 Å². The van der Waals surface area contributed by atoms with Crippen LogP contribution in [0.2, 0.25) is 0 Å². The van der Waals surface area contributed by atoms with Crippen LogP contribution in [-0.2, 0) is 11.8 Å². The number of nitrogens with one attached hydrogen (secondary N) is 1. The molecule has 1 nitrogen and oxygen atoms in total. The van der Waals surface area contributed by atoms with Gasteiger partial charge in [0, 0.05) is 12.0 Å². The van der Waals surface area contributed by atoms with E-state index in [1.165, 1.54) is 12.0 Å². The maximum atomic E-state index is 3.47. The summed E-state index contributed by atoms with van der Waals surface area (Å²) in [5.41, 5.74) is 4.97. The Morgan fingerprint density at radius 2 is 2.13 bits per heavy atom. The van der Waals surface area contributed by atoms with Crippen LogP contribution in [0.5, 0.6) is 0 Å². The summed E-state index contributed by atoms with van der Waals surface area (Å²) < 4.78 is 0. The van der Waals surface area contributed by atoms with Gasteiger partial charge in [0.1, 0.15) is 0 Å². The van der Waals surface area contributed by atoms with Crippen LogP contribution >= 0.6 is 0 Å². The van der Waals surface area contributed by atoms with Gasteiger partial charge in [-0.05, 0) is 36.1 Å². The van der Waals surface area contributed by atoms with Gasteiger partial charge in [0.25, 0.3) is 0 Å². The minimum atomic E-state index is 0.306. The lowest BCUT2D eigenvalue weighted by molar-refractivity contribution is 0.418. The van der Waals surface area contributed by atoms with Crippen molar-refractivity contribution in [2.45, 2.75) is 25.2 Å². The molecule has 1 N–H and O–H groups in total. The number of allylic oxidation sites excluding steroid dienone is 1. The zero-order valence-electron chi connectivity index (χ0n) is 9.22. The van der Waals surface area contributed by atoms with Crippen molar-refractivity contribution >= 4 is 0 Å². The third kappa shape index (κ3) is 1.26. The molecule has 78 valence electrons. The zero-order chi connectivity index (χ0) is 10.3. The van der Waals surface area contributed by atoms with Gasteiger partial charge in [0.2, 0.25) is 0 Å². The first kappa shape index (κ1) is 9.17. The van der Waals surface area contributed by atoms with Crippen molar-refractivity contribution in [1.29, 1.82) is 0 Å². The lowest BCUT2D eigenvalue weighted by Gasteiger charge is -2.41. The average Bonchev–Trinajstić information content (AvgIpc) is 2.29. The highest BCUT2D eigenvalue weighted by molar-refractivity contribution is 5.47. The highest BCUT2D eigenvalue weighted by atomic mass is 14.9. The molecule has 1 atom stereocenters. The summed E-state index contributed by atoms with van der Waals surface area (Å²) in [6, 6.07) is 8.92. The minimum Gasteiger partial charge on any atom is -0.313 e. The van der Waals surface area contributed by atoms with Crippen molar-refractivity contribution in [3.63, 3.8) is 0 Å². The first-order chi connectivity index (χ1) is 7.31. The van der Waals surface area contributed by atoms with Gasteiger partial charge in [0.05, 0.1) is 0 Å². The summed E-state index contributed by atoms with van der Waals surface area (Å²) in [5.74, 6) is 0. The van der Waals surface area contributed by atoms with Gasteiger partial charge < -0.3 is 5.32 Å². The molecule has 1 heteroatoms. The van der Waals surface area contributed by atoms with E-state index in [0.29, 0.717) is 5.41 Å². The third-order valence-electron chi connectivity index (χ3n) is 4.01. The maximum Gasteiger partial charge on any atom is 0.0173 e. The number of piperidine rings is 1. The fourth-order valence-electron chi connectivity index (χ4n) is 2.99. The molecular formula is C14H17N. The van der Waals surface area contributed by atoms with E-state index < -0.39 is 0 Å². The molecule has 1 heterocycles. The van der Waals surface area contributed by atoms with E-state index in [1.807, 2.05) is 0 Å². The molecule has 0 saturated carbocycles. The molecule has 1 aliphatic heterocycles. The molecule has 0 amide bonds. The second kappa shape index (κ2) is 3.21. The standard InChI is InChI=1S/C14H17N/c1-14-8-9-15-10-12(14)7-6-11-4-2-3-5-13(11)14/h2-5,7,15H,6,8-10H2,1H3. The van der Waals surface area contributed by atoms with Crippen LogP contribution in [0, 0.1) is 0 Å². The lowest BCUT2D eigenvalue weighted by atomic mass is 9.67. The van der Waals surface area contributed by atoms with E-state index in [2.05, 4.69) is 42.6 Å². The van der Waals surface area contributed by atoms with Crippen molar-refractivity contribution in [2.75, 3.05) is 13.1 Å². The summed E-state index contributed by atoms with van der Waals surface area (Å²) in [4.78, 5) is 0. The third-order valence-corrected chi connectivity index (χ3v) is 4.01. The van der Waals surface area contributed by atoms with Crippen molar-refractivity contribution < 1.29 is 0 Å². The predicted octanol–water partition coefficient (Wildman–Crippen LogP) is 2.42. The molecule has 0 spiro atoms. The average molecular weight is 199 g/mol. The monoisotopic (exact) mass is 199 g/mol. The van der Waals surface area contributed by atoms with Gasteiger partial charge in [-0.15, -0.1) is 0 Å². The van der Waals surface area contributed by atoms with Gasteiger partial charge in [-0.2, -0.15) is 0 Å². The smallest absolute Gasteiger partial charge is 0.0173 e. The number of rotatable bonds is 0. The van der Waals surface area contributed by atoms with E-state index in [0.717, 1.165) is 19.5 Å². The molecular weight excluding hydrogens is 182 g/mol. The Balaban J connectivity index is 2.15. The number of fused-ring (bicyclic) bond motifs is 3. The Labute approximate surface area is 91.2 Å². The Hall–Kier alpha value is -1.08. The van der Waals surface area contributed by atoms with Crippen LogP contribution in [0.4, 0.5) is 0 Å². The van der Waals surface area contributed by atoms with Crippen LogP contribution in [0.3, 0.4) is 0 Å². The molecule has 3 rings (SSSR count). The van der Waals surface area contributed by atoms with Gasteiger partial charge in [-0.1, -0.05) is 37.3 Å². The topological polar surface area (TPSA) is 12.0 Å². The molecule has 0 bridgehead atoms. The zero-order valence-corrected chi connectivity index (χ0v) is 9.22. The second-order valence-electron chi connectivity index (χ2n) is 4.85. The van der Waals surface area contributed by atoms with E-state index >= 15 is 0 Å². The highest BCUT2D eigenvalue weighted by Gasteiger charge is 2.36. The summed E-state index contributed by atoms with van der Waals surface area (Å²) in [6.07, 6.45) is 4.77. The van der Waals surface area contributed by atoms with Crippen LogP contribution < -0.4 is 5.32 Å². The summed E-state index contributed by atoms with van der Waals surface area (Å²) >= 11 is 0. The molecule has 1 unspecified atom stereocenters. The molecule has 0 aromatic heterocycles. The fourth-order valence-corrected chi connectivity index (χ4v) is 2.99. The van der Waals surface area contributed by atoms with E-state index in [1.54, 1.807) is 11.1 Å². The van der Waals surface area contributed by atoms with Gasteiger partial charge in [-0.3, -0.25) is 0 Å². The quantitative estimate of drug-likeness (QED) is 0.633. The Morgan fingerprint density at radius 1 is 1.27 bits per heavy atom. The molecule has 2 aliphatic rings. The Kier molecular flexibility index (Phi) is 1.96. The summed E-state index contributed by atoms with van der Waals surface area (Å²) in [7, 11) is 0. The largest absolute Gasteiger partial charge is 0.313 e. The minimum absolute atomic E-state index is 0.306. The SMILES string of the molecule is CC12CCNCC1=CCc1ccccc12. The van der Waals surface area contributed by atoms with Crippen molar-refractivity contribution in [2.24, 2.45) is 0 Å². The van der Waals surface area contributed by atoms with Gasteiger partial charge >= 0.3 is 0 Å². The normalized spacial score (nSPS) is 29.0. The van der Waals surface area contributed by atoms with Crippen molar-refractivity contribution in [3.8, 4) is 0 Å². The van der Waals surface area contributed by atoms with Crippen LogP contribution in [0.25, 0.3) is 0 Å². The van der Waals surface area contributed by atoms with Crippen molar-refractivity contribution in [3.05, 3.63) is 47.0 Å². The molecule has 1 saturated heterocycles. The first-order valence-electron chi connectivity index (χ1n) is 5.79. The molecule has 1 fully saturated rings. The molecule has 0 radical (unpaired) electrons. The predicted molar refractivity (Wildman–Crippen MR) is 63.1 cm³/mol. The van der Waals surface area contributed by atoms with E-state index in [9.17, 15) is 0 Å². The van der Waals surface area contributed by atoms with E-state index in [-0.39, 0.29) is 0 Å². The van der Waals surface area contributed by atoms with Gasteiger partial charge in [-0.25, -0.2) is 0 Å². The van der Waals surface area contributed by atoms with Crippen molar-refractivity contribution in [1.82, 2.24) is 5.32 Å².